The van der Waals surface area contributed by atoms with Gasteiger partial charge in [-0.3, -0.25) is 9.78 Å². The minimum Gasteiger partial charge on any atom is -0.394 e. The van der Waals surface area contributed by atoms with E-state index in [1.54, 1.807) is 4.90 Å². The van der Waals surface area contributed by atoms with E-state index in [4.69, 9.17) is 15.7 Å². The fourth-order valence-electron chi connectivity index (χ4n) is 2.15. The van der Waals surface area contributed by atoms with Gasteiger partial charge in [-0.25, -0.2) is 10.8 Å². The number of carbonyl (C=O) groups excluding carboxylic acids is 1. The summed E-state index contributed by atoms with van der Waals surface area (Å²) in [5.74, 6) is 5.45. The molecule has 1 aromatic rings. The number of ether oxygens (including phenoxy) is 1. The first-order chi connectivity index (χ1) is 9.74. The summed E-state index contributed by atoms with van der Waals surface area (Å²) < 4.78 is 5.46. The minimum absolute atomic E-state index is 0.0214. The van der Waals surface area contributed by atoms with Crippen molar-refractivity contribution in [1.82, 2.24) is 14.9 Å². The molecule has 0 radical (unpaired) electrons. The van der Waals surface area contributed by atoms with E-state index in [2.05, 4.69) is 15.4 Å². The van der Waals surface area contributed by atoms with Crippen LogP contribution >= 0.6 is 0 Å². The Bertz CT molecular complexity index is 448. The molecule has 1 aliphatic heterocycles. The third kappa shape index (κ3) is 3.62. The Morgan fingerprint density at radius 1 is 1.50 bits per heavy atom. The summed E-state index contributed by atoms with van der Waals surface area (Å²) >= 11 is 0. The number of anilines is 1. The van der Waals surface area contributed by atoms with E-state index in [1.165, 1.54) is 12.4 Å². The number of aromatic nitrogens is 2. The summed E-state index contributed by atoms with van der Waals surface area (Å²) in [7, 11) is 0. The van der Waals surface area contributed by atoms with Gasteiger partial charge in [-0.05, 0) is 12.8 Å². The van der Waals surface area contributed by atoms with Gasteiger partial charge in [0.15, 0.2) is 5.82 Å². The van der Waals surface area contributed by atoms with Crippen LogP contribution in [0.25, 0.3) is 0 Å². The zero-order valence-corrected chi connectivity index (χ0v) is 11.2. The molecule has 1 saturated heterocycles. The van der Waals surface area contributed by atoms with Crippen molar-refractivity contribution in [2.75, 3.05) is 31.7 Å². The highest BCUT2D eigenvalue weighted by Crippen LogP contribution is 2.15. The number of nitrogens with two attached hydrogens (primary N) is 1. The van der Waals surface area contributed by atoms with E-state index >= 15 is 0 Å². The Hall–Kier alpha value is -1.77. The number of hydrazine groups is 1. The lowest BCUT2D eigenvalue weighted by molar-refractivity contribution is -0.00565. The zero-order chi connectivity index (χ0) is 14.4. The summed E-state index contributed by atoms with van der Waals surface area (Å²) in [5, 5.41) is 8.71. The standard InChI is InChI=1S/C12H19N5O3/c13-16-11-8-14-7-10(15-11)12(19)17-3-1-9(2-4-17)20-6-5-18/h7-9,18H,1-6,13H2,(H,15,16). The van der Waals surface area contributed by atoms with Gasteiger partial charge in [0, 0.05) is 13.1 Å². The van der Waals surface area contributed by atoms with Gasteiger partial charge in [0.25, 0.3) is 5.91 Å². The molecule has 4 N–H and O–H groups in total. The molecule has 110 valence electrons. The third-order valence-electron chi connectivity index (χ3n) is 3.18. The number of piperidine rings is 1. The van der Waals surface area contributed by atoms with Crippen LogP contribution in [0.15, 0.2) is 12.4 Å². The van der Waals surface area contributed by atoms with E-state index < -0.39 is 0 Å². The second-order valence-electron chi connectivity index (χ2n) is 4.52. The molecule has 8 heteroatoms. The number of nitrogens with one attached hydrogen (secondary N) is 1. The largest absolute Gasteiger partial charge is 0.394 e. The molecule has 0 saturated carbocycles. The van der Waals surface area contributed by atoms with Crippen LogP contribution < -0.4 is 11.3 Å². The highest BCUT2D eigenvalue weighted by atomic mass is 16.5. The maximum absolute atomic E-state index is 12.3. The first kappa shape index (κ1) is 14.6. The van der Waals surface area contributed by atoms with Crippen molar-refractivity contribution in [3.8, 4) is 0 Å². The molecular formula is C12H19N5O3. The van der Waals surface area contributed by atoms with Crippen LogP contribution in [0.4, 0.5) is 5.82 Å². The van der Waals surface area contributed by atoms with Crippen LogP contribution in [0.1, 0.15) is 23.3 Å². The van der Waals surface area contributed by atoms with Crippen LogP contribution in [0.5, 0.6) is 0 Å². The molecule has 2 heterocycles. The second kappa shape index (κ2) is 7.13. The number of carbonyl (C=O) groups is 1. The normalized spacial score (nSPS) is 16.2. The van der Waals surface area contributed by atoms with Crippen molar-refractivity contribution in [2.24, 2.45) is 5.84 Å². The fourth-order valence-corrected chi connectivity index (χ4v) is 2.15. The number of rotatable bonds is 5. The van der Waals surface area contributed by atoms with Crippen molar-refractivity contribution in [1.29, 1.82) is 0 Å². The molecule has 0 bridgehead atoms. The molecule has 1 fully saturated rings. The molecule has 0 spiro atoms. The van der Waals surface area contributed by atoms with Crippen LogP contribution in [0.3, 0.4) is 0 Å². The number of hydrogen-bond acceptors (Lipinski definition) is 7. The lowest BCUT2D eigenvalue weighted by Gasteiger charge is -2.31. The second-order valence-corrected chi connectivity index (χ2v) is 4.52. The number of amides is 1. The van der Waals surface area contributed by atoms with E-state index in [9.17, 15) is 4.79 Å². The lowest BCUT2D eigenvalue weighted by Crippen LogP contribution is -2.41. The summed E-state index contributed by atoms with van der Waals surface area (Å²) in [4.78, 5) is 22.0. The maximum atomic E-state index is 12.3. The Balaban J connectivity index is 1.91. The molecule has 8 nitrogen and oxygen atoms in total. The van der Waals surface area contributed by atoms with Crippen LogP contribution in [0, 0.1) is 0 Å². The molecular weight excluding hydrogens is 262 g/mol. The van der Waals surface area contributed by atoms with E-state index in [1.807, 2.05) is 0 Å². The van der Waals surface area contributed by atoms with Gasteiger partial charge in [0.05, 0.1) is 31.7 Å². The van der Waals surface area contributed by atoms with Crippen molar-refractivity contribution in [2.45, 2.75) is 18.9 Å². The Morgan fingerprint density at radius 3 is 2.90 bits per heavy atom. The van der Waals surface area contributed by atoms with E-state index in [0.717, 1.165) is 12.8 Å². The van der Waals surface area contributed by atoms with Crippen molar-refractivity contribution < 1.29 is 14.6 Å². The van der Waals surface area contributed by atoms with Gasteiger partial charge in [0.1, 0.15) is 5.69 Å². The first-order valence-corrected chi connectivity index (χ1v) is 6.55. The molecule has 0 unspecified atom stereocenters. The lowest BCUT2D eigenvalue weighted by atomic mass is 10.1. The smallest absolute Gasteiger partial charge is 0.274 e. The van der Waals surface area contributed by atoms with Gasteiger partial charge in [-0.2, -0.15) is 0 Å². The topological polar surface area (TPSA) is 114 Å². The molecule has 1 aromatic heterocycles. The zero-order valence-electron chi connectivity index (χ0n) is 11.2. The number of aliphatic hydroxyl groups is 1. The van der Waals surface area contributed by atoms with Crippen LogP contribution in [0.2, 0.25) is 0 Å². The molecule has 20 heavy (non-hydrogen) atoms. The minimum atomic E-state index is -0.157. The van der Waals surface area contributed by atoms with Crippen molar-refractivity contribution in [3.05, 3.63) is 18.1 Å². The highest BCUT2D eigenvalue weighted by molar-refractivity contribution is 5.92. The first-order valence-electron chi connectivity index (χ1n) is 6.55. The molecule has 1 amide bonds. The molecule has 1 aliphatic rings. The number of hydrogen-bond donors (Lipinski definition) is 3. The summed E-state index contributed by atoms with van der Waals surface area (Å²) in [5.41, 5.74) is 2.64. The Morgan fingerprint density at radius 2 is 2.25 bits per heavy atom. The molecule has 0 aromatic carbocycles. The van der Waals surface area contributed by atoms with Gasteiger partial charge < -0.3 is 20.2 Å². The van der Waals surface area contributed by atoms with E-state index in [-0.39, 0.29) is 24.3 Å². The van der Waals surface area contributed by atoms with Gasteiger partial charge >= 0.3 is 0 Å². The predicted octanol–water partition coefficient (Wildman–Crippen LogP) is -0.624. The summed E-state index contributed by atoms with van der Waals surface area (Å²) in [6.45, 7) is 1.58. The van der Waals surface area contributed by atoms with Gasteiger partial charge in [0.2, 0.25) is 0 Å². The highest BCUT2D eigenvalue weighted by Gasteiger charge is 2.24. The summed E-state index contributed by atoms with van der Waals surface area (Å²) in [6, 6.07) is 0. The van der Waals surface area contributed by atoms with Gasteiger partial charge in [-0.1, -0.05) is 0 Å². The monoisotopic (exact) mass is 281 g/mol. The Kier molecular flexibility index (Phi) is 5.22. The number of likely N-dealkylation sites (tertiary alicyclic amines) is 1. The predicted molar refractivity (Wildman–Crippen MR) is 71.8 cm³/mol. The van der Waals surface area contributed by atoms with Crippen molar-refractivity contribution >= 4 is 11.7 Å². The Labute approximate surface area is 116 Å². The average Bonchev–Trinajstić information content (AvgIpc) is 2.52. The number of aliphatic hydroxyl groups excluding tert-OH is 1. The average molecular weight is 281 g/mol. The molecule has 0 aliphatic carbocycles. The van der Waals surface area contributed by atoms with Crippen LogP contribution in [-0.4, -0.2) is 58.3 Å². The van der Waals surface area contributed by atoms with Gasteiger partial charge in [-0.15, -0.1) is 0 Å². The SMILES string of the molecule is NNc1cncc(C(=O)N2CCC(OCCO)CC2)n1. The maximum Gasteiger partial charge on any atom is 0.274 e. The van der Waals surface area contributed by atoms with Crippen LogP contribution in [-0.2, 0) is 4.74 Å². The number of nitrogens with zero attached hydrogens (tertiary/aromatic N) is 3. The number of nitrogen functional groups attached to an aromatic ring is 1. The summed E-state index contributed by atoms with van der Waals surface area (Å²) in [6.07, 6.45) is 4.50. The van der Waals surface area contributed by atoms with Crippen molar-refractivity contribution in [3.63, 3.8) is 0 Å². The quantitative estimate of drug-likeness (QED) is 0.486. The molecule has 2 rings (SSSR count). The third-order valence-corrected chi connectivity index (χ3v) is 3.18. The molecule has 0 atom stereocenters. The van der Waals surface area contributed by atoms with E-state index in [0.29, 0.717) is 25.5 Å². The fraction of sp³-hybridized carbons (Fsp3) is 0.583.